The Kier molecular flexibility index (Phi) is 4.27. The molecule has 2 rings (SSSR count). The van der Waals surface area contributed by atoms with Gasteiger partial charge in [-0.05, 0) is 55.3 Å². The predicted molar refractivity (Wildman–Crippen MR) is 75.6 cm³/mol. The third-order valence-electron chi connectivity index (χ3n) is 3.19. The number of rotatable bonds is 4. The minimum Gasteiger partial charge on any atom is -0.307 e. The molecular formula is C16H19FN2. The molecular weight excluding hydrogens is 239 g/mol. The summed E-state index contributed by atoms with van der Waals surface area (Å²) in [6.45, 7) is 6.60. The summed E-state index contributed by atoms with van der Waals surface area (Å²) < 4.78 is 13.7. The second-order valence-corrected chi connectivity index (χ2v) is 4.73. The highest BCUT2D eigenvalue weighted by molar-refractivity contribution is 5.34. The van der Waals surface area contributed by atoms with Crippen molar-refractivity contribution < 1.29 is 4.39 Å². The molecule has 1 N–H and O–H groups in total. The number of pyridine rings is 1. The largest absolute Gasteiger partial charge is 0.307 e. The van der Waals surface area contributed by atoms with Crippen LogP contribution in [0.25, 0.3) is 0 Å². The summed E-state index contributed by atoms with van der Waals surface area (Å²) in [6, 6.07) is 9.41. The number of hydrogen-bond donors (Lipinski definition) is 1. The van der Waals surface area contributed by atoms with Crippen LogP contribution in [0.1, 0.15) is 35.3 Å². The number of aryl methyl sites for hydroxylation is 2. The predicted octanol–water partition coefficient (Wildman–Crippen LogP) is 3.54. The van der Waals surface area contributed by atoms with Crippen LogP contribution in [0, 0.1) is 19.7 Å². The molecule has 1 aromatic heterocycles. The van der Waals surface area contributed by atoms with Gasteiger partial charge in [-0.2, -0.15) is 0 Å². The molecule has 1 heterocycles. The minimum absolute atomic E-state index is 0.00167. The maximum absolute atomic E-state index is 13.7. The molecule has 0 bridgehead atoms. The first-order valence-corrected chi connectivity index (χ1v) is 6.53. The summed E-state index contributed by atoms with van der Waals surface area (Å²) in [6.07, 6.45) is 1.79. The molecule has 100 valence electrons. The van der Waals surface area contributed by atoms with Crippen LogP contribution in [0.5, 0.6) is 0 Å². The van der Waals surface area contributed by atoms with Crippen LogP contribution in [-0.2, 0) is 0 Å². The van der Waals surface area contributed by atoms with Crippen molar-refractivity contribution in [3.63, 3.8) is 0 Å². The van der Waals surface area contributed by atoms with E-state index in [0.717, 1.165) is 23.4 Å². The second-order valence-electron chi connectivity index (χ2n) is 4.73. The van der Waals surface area contributed by atoms with Gasteiger partial charge < -0.3 is 5.32 Å². The topological polar surface area (TPSA) is 24.9 Å². The molecule has 0 radical (unpaired) electrons. The quantitative estimate of drug-likeness (QED) is 0.907. The summed E-state index contributed by atoms with van der Waals surface area (Å²) >= 11 is 0. The highest BCUT2D eigenvalue weighted by atomic mass is 19.1. The lowest BCUT2D eigenvalue weighted by atomic mass is 9.98. The molecule has 0 aliphatic heterocycles. The first-order valence-electron chi connectivity index (χ1n) is 6.53. The van der Waals surface area contributed by atoms with E-state index < -0.39 is 0 Å². The normalized spacial score (nSPS) is 12.4. The van der Waals surface area contributed by atoms with Crippen molar-refractivity contribution in [1.82, 2.24) is 10.3 Å². The van der Waals surface area contributed by atoms with Gasteiger partial charge in [-0.15, -0.1) is 0 Å². The molecule has 0 aliphatic rings. The average Bonchev–Trinajstić information content (AvgIpc) is 2.39. The Morgan fingerprint density at radius 2 is 1.89 bits per heavy atom. The summed E-state index contributed by atoms with van der Waals surface area (Å²) in [4.78, 5) is 4.21. The van der Waals surface area contributed by atoms with E-state index in [1.54, 1.807) is 19.2 Å². The van der Waals surface area contributed by atoms with Crippen molar-refractivity contribution in [3.8, 4) is 0 Å². The van der Waals surface area contributed by atoms with E-state index in [4.69, 9.17) is 0 Å². The van der Waals surface area contributed by atoms with Crippen LogP contribution in [0.2, 0.25) is 0 Å². The lowest BCUT2D eigenvalue weighted by molar-refractivity contribution is 0.597. The molecule has 2 nitrogen and oxygen atoms in total. The maximum Gasteiger partial charge on any atom is 0.126 e. The van der Waals surface area contributed by atoms with Crippen molar-refractivity contribution in [1.29, 1.82) is 0 Å². The molecule has 0 amide bonds. The van der Waals surface area contributed by atoms with E-state index in [2.05, 4.69) is 10.3 Å². The highest BCUT2D eigenvalue weighted by Crippen LogP contribution is 2.23. The Morgan fingerprint density at radius 3 is 2.53 bits per heavy atom. The molecule has 0 spiro atoms. The lowest BCUT2D eigenvalue weighted by Crippen LogP contribution is -2.22. The summed E-state index contributed by atoms with van der Waals surface area (Å²) in [5, 5.41) is 3.39. The molecule has 0 aliphatic carbocycles. The number of nitrogens with one attached hydrogen (secondary N) is 1. The van der Waals surface area contributed by atoms with Gasteiger partial charge in [0.15, 0.2) is 0 Å². The lowest BCUT2D eigenvalue weighted by Gasteiger charge is -2.19. The first kappa shape index (κ1) is 13.7. The Labute approximate surface area is 113 Å². The molecule has 0 saturated heterocycles. The number of benzene rings is 1. The van der Waals surface area contributed by atoms with E-state index >= 15 is 0 Å². The second kappa shape index (κ2) is 5.93. The minimum atomic E-state index is -0.161. The average molecular weight is 258 g/mol. The van der Waals surface area contributed by atoms with Crippen LogP contribution in [0.15, 0.2) is 36.5 Å². The van der Waals surface area contributed by atoms with Gasteiger partial charge in [0.1, 0.15) is 5.82 Å². The Bertz CT molecular complexity index is 566. The van der Waals surface area contributed by atoms with Crippen molar-refractivity contribution in [2.75, 3.05) is 6.54 Å². The molecule has 3 heteroatoms. The maximum atomic E-state index is 13.7. The van der Waals surface area contributed by atoms with Crippen molar-refractivity contribution in [2.24, 2.45) is 0 Å². The van der Waals surface area contributed by atoms with Crippen molar-refractivity contribution in [3.05, 3.63) is 64.7 Å². The Morgan fingerprint density at radius 1 is 1.16 bits per heavy atom. The summed E-state index contributed by atoms with van der Waals surface area (Å²) in [5.41, 5.74) is 3.69. The molecule has 1 aromatic carbocycles. The monoisotopic (exact) mass is 258 g/mol. The highest BCUT2D eigenvalue weighted by Gasteiger charge is 2.14. The van der Waals surface area contributed by atoms with Crippen LogP contribution in [0.4, 0.5) is 4.39 Å². The fourth-order valence-electron chi connectivity index (χ4n) is 2.17. The number of aromatic nitrogens is 1. The zero-order valence-corrected chi connectivity index (χ0v) is 11.6. The molecule has 0 saturated carbocycles. The SMILES string of the molecule is CCNC(c1ccnc(C)c1)c1ccc(C)c(F)c1. The summed E-state index contributed by atoms with van der Waals surface area (Å²) in [5.74, 6) is -0.161. The fourth-order valence-corrected chi connectivity index (χ4v) is 2.17. The third kappa shape index (κ3) is 3.18. The number of hydrogen-bond acceptors (Lipinski definition) is 2. The fraction of sp³-hybridized carbons (Fsp3) is 0.312. The van der Waals surface area contributed by atoms with Gasteiger partial charge in [-0.1, -0.05) is 19.1 Å². The zero-order valence-electron chi connectivity index (χ0n) is 11.6. The van der Waals surface area contributed by atoms with Gasteiger partial charge >= 0.3 is 0 Å². The van der Waals surface area contributed by atoms with E-state index in [0.29, 0.717) is 5.56 Å². The van der Waals surface area contributed by atoms with Crippen LogP contribution in [-0.4, -0.2) is 11.5 Å². The first-order chi connectivity index (χ1) is 9.11. The van der Waals surface area contributed by atoms with E-state index in [1.165, 1.54) is 0 Å². The van der Waals surface area contributed by atoms with Crippen molar-refractivity contribution in [2.45, 2.75) is 26.8 Å². The van der Waals surface area contributed by atoms with Gasteiger partial charge in [0, 0.05) is 11.9 Å². The van der Waals surface area contributed by atoms with Gasteiger partial charge in [0.2, 0.25) is 0 Å². The van der Waals surface area contributed by atoms with Crippen LogP contribution in [0.3, 0.4) is 0 Å². The van der Waals surface area contributed by atoms with E-state index in [9.17, 15) is 4.39 Å². The number of nitrogens with zero attached hydrogens (tertiary/aromatic N) is 1. The molecule has 0 fully saturated rings. The Balaban J connectivity index is 2.42. The van der Waals surface area contributed by atoms with Gasteiger partial charge in [0.25, 0.3) is 0 Å². The van der Waals surface area contributed by atoms with Gasteiger partial charge in [-0.3, -0.25) is 4.98 Å². The smallest absolute Gasteiger partial charge is 0.126 e. The number of halogens is 1. The van der Waals surface area contributed by atoms with E-state index in [1.807, 2.05) is 38.1 Å². The molecule has 2 aromatic rings. The van der Waals surface area contributed by atoms with E-state index in [-0.39, 0.29) is 11.9 Å². The van der Waals surface area contributed by atoms with Gasteiger partial charge in [0.05, 0.1) is 6.04 Å². The molecule has 1 unspecified atom stereocenters. The van der Waals surface area contributed by atoms with Crippen LogP contribution < -0.4 is 5.32 Å². The van der Waals surface area contributed by atoms with Gasteiger partial charge in [-0.25, -0.2) is 4.39 Å². The molecule has 1 atom stereocenters. The molecule has 19 heavy (non-hydrogen) atoms. The summed E-state index contributed by atoms with van der Waals surface area (Å²) in [7, 11) is 0. The standard InChI is InChI=1S/C16H19FN2/c1-4-18-16(14-7-8-19-12(3)9-14)13-6-5-11(2)15(17)10-13/h5-10,16,18H,4H2,1-3H3. The van der Waals surface area contributed by atoms with Crippen molar-refractivity contribution >= 4 is 0 Å². The van der Waals surface area contributed by atoms with Crippen LogP contribution >= 0.6 is 0 Å². The Hall–Kier alpha value is -1.74. The zero-order chi connectivity index (χ0) is 13.8. The third-order valence-corrected chi connectivity index (χ3v) is 3.19.